The smallest absolute Gasteiger partial charge is 0.309 e. The third-order valence-electron chi connectivity index (χ3n) is 2.65. The number of aromatic hydroxyl groups is 1. The monoisotopic (exact) mass is 308 g/mol. The lowest BCUT2D eigenvalue weighted by molar-refractivity contribution is -0.136. The molecule has 7 heteroatoms. The van der Waals surface area contributed by atoms with Gasteiger partial charge in [-0.05, 0) is 24.6 Å². The average molecular weight is 308 g/mol. The van der Waals surface area contributed by atoms with Gasteiger partial charge in [-0.1, -0.05) is 6.07 Å². The molecule has 0 unspecified atom stereocenters. The Bertz CT molecular complexity index is 627. The lowest BCUT2D eigenvalue weighted by Gasteiger charge is -2.08. The van der Waals surface area contributed by atoms with Crippen LogP contribution in [-0.2, 0) is 17.8 Å². The van der Waals surface area contributed by atoms with Gasteiger partial charge >= 0.3 is 5.97 Å². The summed E-state index contributed by atoms with van der Waals surface area (Å²) >= 11 is 1.36. The zero-order chi connectivity index (χ0) is 15.2. The van der Waals surface area contributed by atoms with Crippen molar-refractivity contribution in [1.29, 1.82) is 0 Å². The van der Waals surface area contributed by atoms with Crippen LogP contribution in [0, 0.1) is 0 Å². The molecule has 0 fully saturated rings. The summed E-state index contributed by atoms with van der Waals surface area (Å²) in [5, 5.41) is 23.8. The first-order chi connectivity index (χ1) is 10.1. The fourth-order valence-electron chi connectivity index (χ4n) is 1.74. The molecule has 1 aromatic heterocycles. The SMILES string of the molecule is CCOc1cc(CNc2nc(CC(=O)O)cs2)ccc1O. The number of thiazole rings is 1. The van der Waals surface area contributed by atoms with E-state index >= 15 is 0 Å². The van der Waals surface area contributed by atoms with E-state index in [2.05, 4.69) is 10.3 Å². The van der Waals surface area contributed by atoms with Crippen LogP contribution in [0.1, 0.15) is 18.2 Å². The number of rotatable bonds is 7. The highest BCUT2D eigenvalue weighted by Crippen LogP contribution is 2.27. The average Bonchev–Trinajstić information content (AvgIpc) is 2.86. The Morgan fingerprint density at radius 1 is 1.48 bits per heavy atom. The van der Waals surface area contributed by atoms with E-state index in [4.69, 9.17) is 9.84 Å². The number of nitrogens with one attached hydrogen (secondary N) is 1. The molecule has 2 aromatic rings. The number of carbonyl (C=O) groups is 1. The van der Waals surface area contributed by atoms with Gasteiger partial charge in [0.25, 0.3) is 0 Å². The van der Waals surface area contributed by atoms with Crippen LogP contribution in [0.5, 0.6) is 11.5 Å². The number of hydrogen-bond donors (Lipinski definition) is 3. The van der Waals surface area contributed by atoms with Crippen molar-refractivity contribution in [2.24, 2.45) is 0 Å². The van der Waals surface area contributed by atoms with Gasteiger partial charge in [0.05, 0.1) is 18.7 Å². The Morgan fingerprint density at radius 2 is 2.29 bits per heavy atom. The van der Waals surface area contributed by atoms with Gasteiger partial charge in [-0.2, -0.15) is 0 Å². The van der Waals surface area contributed by atoms with Gasteiger partial charge in [-0.25, -0.2) is 4.98 Å². The minimum atomic E-state index is -0.897. The Morgan fingerprint density at radius 3 is 3.00 bits per heavy atom. The van der Waals surface area contributed by atoms with E-state index in [1.54, 1.807) is 23.6 Å². The molecule has 0 amide bonds. The Balaban J connectivity index is 1.97. The third kappa shape index (κ3) is 4.35. The summed E-state index contributed by atoms with van der Waals surface area (Å²) in [5.41, 5.74) is 1.47. The summed E-state index contributed by atoms with van der Waals surface area (Å²) in [4.78, 5) is 14.8. The van der Waals surface area contributed by atoms with Crippen molar-refractivity contribution in [2.45, 2.75) is 19.9 Å². The number of hydrogen-bond acceptors (Lipinski definition) is 6. The lowest BCUT2D eigenvalue weighted by atomic mass is 10.2. The molecule has 3 N–H and O–H groups in total. The van der Waals surface area contributed by atoms with E-state index in [-0.39, 0.29) is 12.2 Å². The standard InChI is InChI=1S/C14H16N2O4S/c1-2-20-12-5-9(3-4-11(12)17)7-15-14-16-10(8-21-14)6-13(18)19/h3-5,8,17H,2,6-7H2,1H3,(H,15,16)(H,18,19). The summed E-state index contributed by atoms with van der Waals surface area (Å²) in [7, 11) is 0. The summed E-state index contributed by atoms with van der Waals surface area (Å²) in [6.45, 7) is 2.85. The molecular formula is C14H16N2O4S. The van der Waals surface area contributed by atoms with Crippen molar-refractivity contribution in [1.82, 2.24) is 4.98 Å². The normalized spacial score (nSPS) is 10.3. The molecule has 21 heavy (non-hydrogen) atoms. The number of aliphatic carboxylic acids is 1. The van der Waals surface area contributed by atoms with Crippen molar-refractivity contribution in [3.8, 4) is 11.5 Å². The molecule has 0 saturated heterocycles. The van der Waals surface area contributed by atoms with Gasteiger partial charge in [0.15, 0.2) is 16.6 Å². The van der Waals surface area contributed by atoms with Crippen LogP contribution in [0.4, 0.5) is 5.13 Å². The first kappa shape index (κ1) is 15.1. The molecule has 0 aliphatic rings. The first-order valence-electron chi connectivity index (χ1n) is 6.43. The predicted molar refractivity (Wildman–Crippen MR) is 80.1 cm³/mol. The summed E-state index contributed by atoms with van der Waals surface area (Å²) in [6.07, 6.45) is -0.0775. The van der Waals surface area contributed by atoms with Gasteiger partial charge < -0.3 is 20.3 Å². The topological polar surface area (TPSA) is 91.7 Å². The number of carboxylic acid groups (broad SMARTS) is 1. The fraction of sp³-hybridized carbons (Fsp3) is 0.286. The Hall–Kier alpha value is -2.28. The first-order valence-corrected chi connectivity index (χ1v) is 7.31. The summed E-state index contributed by atoms with van der Waals surface area (Å²) in [5.74, 6) is -0.340. The molecule has 1 heterocycles. The number of aromatic nitrogens is 1. The molecule has 2 rings (SSSR count). The van der Waals surface area contributed by atoms with Crippen LogP contribution in [0.3, 0.4) is 0 Å². The third-order valence-corrected chi connectivity index (χ3v) is 3.50. The molecule has 0 saturated carbocycles. The number of nitrogens with zero attached hydrogens (tertiary/aromatic N) is 1. The molecule has 1 aromatic carbocycles. The number of anilines is 1. The largest absolute Gasteiger partial charge is 0.504 e. The lowest BCUT2D eigenvalue weighted by Crippen LogP contribution is -2.02. The number of phenols is 1. The number of benzene rings is 1. The molecule has 0 bridgehead atoms. The van der Waals surface area contributed by atoms with E-state index < -0.39 is 5.97 Å². The Kier molecular flexibility index (Phi) is 4.99. The molecule has 0 aliphatic carbocycles. The van der Waals surface area contributed by atoms with Crippen molar-refractivity contribution >= 4 is 22.4 Å². The second-order valence-corrected chi connectivity index (χ2v) is 5.16. The number of ether oxygens (including phenoxy) is 1. The minimum Gasteiger partial charge on any atom is -0.504 e. The van der Waals surface area contributed by atoms with Crippen LogP contribution in [-0.4, -0.2) is 27.8 Å². The highest BCUT2D eigenvalue weighted by molar-refractivity contribution is 7.13. The Labute approximate surface area is 126 Å². The maximum Gasteiger partial charge on any atom is 0.309 e. The van der Waals surface area contributed by atoms with Crippen molar-refractivity contribution in [3.63, 3.8) is 0 Å². The number of carboxylic acids is 1. The van der Waals surface area contributed by atoms with Crippen LogP contribution in [0.15, 0.2) is 23.6 Å². The van der Waals surface area contributed by atoms with Gasteiger partial charge in [0.2, 0.25) is 0 Å². The number of phenolic OH excluding ortho intramolecular Hbond substituents is 1. The maximum absolute atomic E-state index is 10.6. The second kappa shape index (κ2) is 6.94. The molecule has 0 atom stereocenters. The van der Waals surface area contributed by atoms with Crippen LogP contribution < -0.4 is 10.1 Å². The molecule has 0 radical (unpaired) electrons. The highest BCUT2D eigenvalue weighted by Gasteiger charge is 2.07. The summed E-state index contributed by atoms with van der Waals surface area (Å²) in [6, 6.07) is 5.13. The van der Waals surface area contributed by atoms with Crippen molar-refractivity contribution in [2.75, 3.05) is 11.9 Å². The van der Waals surface area contributed by atoms with E-state index in [1.165, 1.54) is 11.3 Å². The van der Waals surface area contributed by atoms with E-state index in [1.807, 2.05) is 6.92 Å². The second-order valence-electron chi connectivity index (χ2n) is 4.30. The summed E-state index contributed by atoms with van der Waals surface area (Å²) < 4.78 is 5.32. The minimum absolute atomic E-state index is 0.0775. The fourth-order valence-corrected chi connectivity index (χ4v) is 2.45. The molecule has 6 nitrogen and oxygen atoms in total. The quantitative estimate of drug-likeness (QED) is 0.728. The van der Waals surface area contributed by atoms with E-state index in [9.17, 15) is 9.90 Å². The van der Waals surface area contributed by atoms with Crippen molar-refractivity contribution in [3.05, 3.63) is 34.8 Å². The predicted octanol–water partition coefficient (Wildman–Crippen LogP) is 2.49. The molecule has 0 spiro atoms. The van der Waals surface area contributed by atoms with Crippen LogP contribution in [0.25, 0.3) is 0 Å². The van der Waals surface area contributed by atoms with Gasteiger partial charge in [-0.3, -0.25) is 4.79 Å². The van der Waals surface area contributed by atoms with E-state index in [0.717, 1.165) is 5.56 Å². The zero-order valence-corrected chi connectivity index (χ0v) is 12.3. The zero-order valence-electron chi connectivity index (χ0n) is 11.5. The molecule has 0 aliphatic heterocycles. The van der Waals surface area contributed by atoms with Crippen LogP contribution >= 0.6 is 11.3 Å². The van der Waals surface area contributed by atoms with Gasteiger partial charge in [0, 0.05) is 11.9 Å². The van der Waals surface area contributed by atoms with Crippen molar-refractivity contribution < 1.29 is 19.7 Å². The van der Waals surface area contributed by atoms with Gasteiger partial charge in [-0.15, -0.1) is 11.3 Å². The maximum atomic E-state index is 10.6. The van der Waals surface area contributed by atoms with Crippen LogP contribution in [0.2, 0.25) is 0 Å². The molecular weight excluding hydrogens is 292 g/mol. The highest BCUT2D eigenvalue weighted by atomic mass is 32.1. The van der Waals surface area contributed by atoms with E-state index in [0.29, 0.717) is 29.7 Å². The molecule has 112 valence electrons. The van der Waals surface area contributed by atoms with Gasteiger partial charge in [0.1, 0.15) is 0 Å².